The van der Waals surface area contributed by atoms with Gasteiger partial charge in [-0.15, -0.1) is 11.3 Å². The van der Waals surface area contributed by atoms with Gasteiger partial charge in [0.25, 0.3) is 0 Å². The summed E-state index contributed by atoms with van der Waals surface area (Å²) in [7, 11) is 0. The molecule has 0 fully saturated rings. The fourth-order valence-corrected chi connectivity index (χ4v) is 2.78. The number of carbonyl (C=O) groups excluding carboxylic acids is 1. The molecule has 2 aromatic heterocycles. The predicted molar refractivity (Wildman–Crippen MR) is 87.4 cm³/mol. The standard InChI is InChI=1S/C16H21N3OS/c1-2-3-4-5-6-9-15(20)19-16-18-14(12-21-16)13-8-7-10-17-11-13/h7-8,10-12H,2-6,9H2,1H3,(H,18,19,20). The van der Waals surface area contributed by atoms with Crippen molar-refractivity contribution in [1.29, 1.82) is 0 Å². The first-order chi connectivity index (χ1) is 10.3. The summed E-state index contributed by atoms with van der Waals surface area (Å²) in [6, 6.07) is 3.84. The van der Waals surface area contributed by atoms with E-state index in [1.165, 1.54) is 30.6 Å². The van der Waals surface area contributed by atoms with Crippen LogP contribution in [0.2, 0.25) is 0 Å². The van der Waals surface area contributed by atoms with Gasteiger partial charge < -0.3 is 5.32 Å². The van der Waals surface area contributed by atoms with Crippen LogP contribution in [0, 0.1) is 0 Å². The summed E-state index contributed by atoms with van der Waals surface area (Å²) in [4.78, 5) is 20.3. The van der Waals surface area contributed by atoms with Crippen molar-refractivity contribution in [3.63, 3.8) is 0 Å². The molecule has 5 heteroatoms. The Kier molecular flexibility index (Phi) is 6.34. The van der Waals surface area contributed by atoms with Crippen molar-refractivity contribution in [2.75, 3.05) is 5.32 Å². The van der Waals surface area contributed by atoms with Crippen LogP contribution < -0.4 is 5.32 Å². The number of nitrogens with zero attached hydrogens (tertiary/aromatic N) is 2. The van der Waals surface area contributed by atoms with Crippen LogP contribution in [0.1, 0.15) is 45.4 Å². The van der Waals surface area contributed by atoms with Crippen LogP contribution in [-0.2, 0) is 4.79 Å². The predicted octanol–water partition coefficient (Wildman–Crippen LogP) is 4.50. The number of rotatable bonds is 8. The maximum atomic E-state index is 11.8. The van der Waals surface area contributed by atoms with E-state index in [2.05, 4.69) is 22.2 Å². The Hall–Kier alpha value is -1.75. The maximum absolute atomic E-state index is 11.8. The lowest BCUT2D eigenvalue weighted by atomic mass is 10.1. The third-order valence-corrected chi connectivity index (χ3v) is 3.97. The molecule has 0 atom stereocenters. The van der Waals surface area contributed by atoms with Gasteiger partial charge in [0.15, 0.2) is 5.13 Å². The highest BCUT2D eigenvalue weighted by atomic mass is 32.1. The van der Waals surface area contributed by atoms with Crippen molar-refractivity contribution >= 4 is 22.4 Å². The smallest absolute Gasteiger partial charge is 0.226 e. The van der Waals surface area contributed by atoms with Crippen LogP contribution in [0.15, 0.2) is 29.9 Å². The quantitative estimate of drug-likeness (QED) is 0.730. The lowest BCUT2D eigenvalue weighted by Crippen LogP contribution is -2.10. The SMILES string of the molecule is CCCCCCCC(=O)Nc1nc(-c2cccnc2)cs1. The highest BCUT2D eigenvalue weighted by molar-refractivity contribution is 7.14. The van der Waals surface area contributed by atoms with Crippen LogP contribution in [0.4, 0.5) is 5.13 Å². The number of carbonyl (C=O) groups is 1. The topological polar surface area (TPSA) is 54.9 Å². The first-order valence-electron chi connectivity index (χ1n) is 7.45. The van der Waals surface area contributed by atoms with E-state index in [9.17, 15) is 4.79 Å². The Labute approximate surface area is 129 Å². The van der Waals surface area contributed by atoms with Crippen molar-refractivity contribution in [3.05, 3.63) is 29.9 Å². The zero-order chi connectivity index (χ0) is 14.9. The lowest BCUT2D eigenvalue weighted by Gasteiger charge is -2.01. The van der Waals surface area contributed by atoms with Gasteiger partial charge in [-0.25, -0.2) is 4.98 Å². The number of amides is 1. The van der Waals surface area contributed by atoms with Crippen LogP contribution >= 0.6 is 11.3 Å². The summed E-state index contributed by atoms with van der Waals surface area (Å²) in [5, 5.41) is 5.47. The molecule has 4 nitrogen and oxygen atoms in total. The summed E-state index contributed by atoms with van der Waals surface area (Å²) in [6.07, 6.45) is 9.85. The molecule has 112 valence electrons. The molecule has 0 aliphatic rings. The van der Waals surface area contributed by atoms with E-state index < -0.39 is 0 Å². The molecule has 21 heavy (non-hydrogen) atoms. The van der Waals surface area contributed by atoms with Crippen LogP contribution in [0.3, 0.4) is 0 Å². The van der Waals surface area contributed by atoms with E-state index >= 15 is 0 Å². The van der Waals surface area contributed by atoms with Gasteiger partial charge in [0.2, 0.25) is 5.91 Å². The third kappa shape index (κ3) is 5.27. The highest BCUT2D eigenvalue weighted by Crippen LogP contribution is 2.24. The molecule has 0 radical (unpaired) electrons. The van der Waals surface area contributed by atoms with Gasteiger partial charge in [-0.3, -0.25) is 9.78 Å². The van der Waals surface area contributed by atoms with Gasteiger partial charge in [-0.05, 0) is 18.6 Å². The largest absolute Gasteiger partial charge is 0.302 e. The monoisotopic (exact) mass is 303 g/mol. The number of hydrogen-bond acceptors (Lipinski definition) is 4. The second-order valence-corrected chi connectivity index (χ2v) is 5.85. The summed E-state index contributed by atoms with van der Waals surface area (Å²) in [5.41, 5.74) is 1.82. The van der Waals surface area contributed by atoms with Crippen LogP contribution in [0.25, 0.3) is 11.3 Å². The molecule has 0 spiro atoms. The lowest BCUT2D eigenvalue weighted by molar-refractivity contribution is -0.116. The van der Waals surface area contributed by atoms with Gasteiger partial charge in [0.1, 0.15) is 0 Å². The van der Waals surface area contributed by atoms with E-state index in [1.54, 1.807) is 12.4 Å². The summed E-state index contributed by atoms with van der Waals surface area (Å²) >= 11 is 1.45. The van der Waals surface area contributed by atoms with Gasteiger partial charge in [-0.1, -0.05) is 32.6 Å². The van der Waals surface area contributed by atoms with Crippen molar-refractivity contribution in [2.45, 2.75) is 45.4 Å². The molecule has 2 heterocycles. The number of nitrogens with one attached hydrogen (secondary N) is 1. The molecule has 0 aliphatic heterocycles. The highest BCUT2D eigenvalue weighted by Gasteiger charge is 2.07. The van der Waals surface area contributed by atoms with E-state index in [0.29, 0.717) is 11.6 Å². The van der Waals surface area contributed by atoms with Crippen molar-refractivity contribution in [1.82, 2.24) is 9.97 Å². The average molecular weight is 303 g/mol. The Morgan fingerprint density at radius 1 is 1.29 bits per heavy atom. The second-order valence-electron chi connectivity index (χ2n) is 4.99. The number of aromatic nitrogens is 2. The first-order valence-corrected chi connectivity index (χ1v) is 8.33. The number of thiazole rings is 1. The van der Waals surface area contributed by atoms with Gasteiger partial charge in [-0.2, -0.15) is 0 Å². The minimum Gasteiger partial charge on any atom is -0.302 e. The molecular formula is C16H21N3OS. The molecule has 2 aromatic rings. The van der Waals surface area contributed by atoms with Gasteiger partial charge in [0, 0.05) is 29.8 Å². The van der Waals surface area contributed by atoms with E-state index in [1.807, 2.05) is 17.5 Å². The van der Waals surface area contributed by atoms with Crippen molar-refractivity contribution < 1.29 is 4.79 Å². The van der Waals surface area contributed by atoms with Crippen LogP contribution in [0.5, 0.6) is 0 Å². The zero-order valence-electron chi connectivity index (χ0n) is 12.3. The zero-order valence-corrected chi connectivity index (χ0v) is 13.2. The van der Waals surface area contributed by atoms with Crippen LogP contribution in [-0.4, -0.2) is 15.9 Å². The molecule has 0 unspecified atom stereocenters. The molecule has 2 rings (SSSR count). The Morgan fingerprint density at radius 3 is 2.90 bits per heavy atom. The molecule has 0 saturated carbocycles. The first kappa shape index (κ1) is 15.6. The third-order valence-electron chi connectivity index (χ3n) is 3.22. The summed E-state index contributed by atoms with van der Waals surface area (Å²) < 4.78 is 0. The molecule has 0 aliphatic carbocycles. The normalized spacial score (nSPS) is 10.5. The Balaban J connectivity index is 1.78. The summed E-state index contributed by atoms with van der Waals surface area (Å²) in [6.45, 7) is 2.19. The number of anilines is 1. The fourth-order valence-electron chi connectivity index (χ4n) is 2.05. The molecule has 1 amide bonds. The van der Waals surface area contributed by atoms with E-state index in [0.717, 1.165) is 24.1 Å². The molecule has 0 aromatic carbocycles. The van der Waals surface area contributed by atoms with E-state index in [4.69, 9.17) is 0 Å². The summed E-state index contributed by atoms with van der Waals surface area (Å²) in [5.74, 6) is 0.0542. The minimum atomic E-state index is 0.0542. The van der Waals surface area contributed by atoms with Gasteiger partial charge >= 0.3 is 0 Å². The van der Waals surface area contributed by atoms with E-state index in [-0.39, 0.29) is 5.91 Å². The number of unbranched alkanes of at least 4 members (excludes halogenated alkanes) is 4. The molecular weight excluding hydrogens is 282 g/mol. The number of hydrogen-bond donors (Lipinski definition) is 1. The fraction of sp³-hybridized carbons (Fsp3) is 0.438. The Morgan fingerprint density at radius 2 is 2.14 bits per heavy atom. The minimum absolute atomic E-state index is 0.0542. The molecule has 0 bridgehead atoms. The molecule has 0 saturated heterocycles. The van der Waals surface area contributed by atoms with Crippen molar-refractivity contribution in [3.8, 4) is 11.3 Å². The average Bonchev–Trinajstić information content (AvgIpc) is 2.96. The van der Waals surface area contributed by atoms with Gasteiger partial charge in [0.05, 0.1) is 5.69 Å². The maximum Gasteiger partial charge on any atom is 0.226 e. The Bertz CT molecular complexity index is 554. The molecule has 1 N–H and O–H groups in total. The van der Waals surface area contributed by atoms with Crippen molar-refractivity contribution in [2.24, 2.45) is 0 Å². The number of pyridine rings is 1. The second kappa shape index (κ2) is 8.52.